The smallest absolute Gasteiger partial charge is 0.263 e. The van der Waals surface area contributed by atoms with Gasteiger partial charge in [0.1, 0.15) is 11.6 Å². The maximum absolute atomic E-state index is 14.3. The summed E-state index contributed by atoms with van der Waals surface area (Å²) < 4.78 is 83.0. The number of hydrogen-bond acceptors (Lipinski definition) is 7. The van der Waals surface area contributed by atoms with E-state index in [1.54, 1.807) is 0 Å². The van der Waals surface area contributed by atoms with Crippen LogP contribution in [0.15, 0.2) is 22.2 Å². The van der Waals surface area contributed by atoms with E-state index in [0.717, 1.165) is 18.3 Å². The molecule has 0 spiro atoms. The van der Waals surface area contributed by atoms with Gasteiger partial charge in [0.15, 0.2) is 0 Å². The zero-order valence-corrected chi connectivity index (χ0v) is 20.9. The van der Waals surface area contributed by atoms with E-state index < -0.39 is 62.5 Å². The van der Waals surface area contributed by atoms with Gasteiger partial charge < -0.3 is 11.2 Å². The molecule has 1 aliphatic heterocycles. The molecule has 0 bridgehead atoms. The summed E-state index contributed by atoms with van der Waals surface area (Å²) in [5.74, 6) is -0.123. The van der Waals surface area contributed by atoms with Crippen LogP contribution in [0.25, 0.3) is 0 Å². The Kier molecular flexibility index (Phi) is 8.41. The SMILES string of the molecule is CN=CC(=NN)S(=O)(=O)N1CCN(C2(CNC(=O)c3cc(F)c(C)cc3F)CCC(F)(F)CC2)CC1. The van der Waals surface area contributed by atoms with Crippen LogP contribution in [0.4, 0.5) is 17.6 Å². The molecule has 0 aromatic heterocycles. The zero-order chi connectivity index (χ0) is 26.7. The lowest BCUT2D eigenvalue weighted by atomic mass is 9.78. The fraction of sp³-hybridized carbons (Fsp3) is 0.591. The molecule has 3 N–H and O–H groups in total. The van der Waals surface area contributed by atoms with Gasteiger partial charge in [-0.05, 0) is 37.5 Å². The van der Waals surface area contributed by atoms with Crippen LogP contribution in [0.5, 0.6) is 0 Å². The Bertz CT molecular complexity index is 1140. The number of rotatable bonds is 6. The predicted octanol–water partition coefficient (Wildman–Crippen LogP) is 1.87. The van der Waals surface area contributed by atoms with Crippen LogP contribution in [-0.4, -0.2) is 86.0 Å². The molecule has 2 fully saturated rings. The molecule has 1 amide bonds. The topological polar surface area (TPSA) is 120 Å². The molecule has 3 rings (SSSR count). The van der Waals surface area contributed by atoms with Crippen molar-refractivity contribution in [3.05, 3.63) is 34.9 Å². The normalized spacial score (nSPS) is 21.6. The second-order valence-corrected chi connectivity index (χ2v) is 11.0. The number of hydrogen-bond donors (Lipinski definition) is 2. The van der Waals surface area contributed by atoms with Crippen molar-refractivity contribution >= 4 is 27.2 Å². The number of carbonyl (C=O) groups excluding carboxylic acids is 1. The molecule has 1 aliphatic carbocycles. The molecule has 1 saturated carbocycles. The van der Waals surface area contributed by atoms with Gasteiger partial charge in [0.2, 0.25) is 11.0 Å². The quantitative estimate of drug-likeness (QED) is 0.190. The molecular formula is C22H30F4N6O3S. The molecule has 1 saturated heterocycles. The Labute approximate surface area is 207 Å². The van der Waals surface area contributed by atoms with E-state index in [4.69, 9.17) is 5.84 Å². The highest BCUT2D eigenvalue weighted by Crippen LogP contribution is 2.42. The molecule has 200 valence electrons. The van der Waals surface area contributed by atoms with E-state index in [9.17, 15) is 30.8 Å². The lowest BCUT2D eigenvalue weighted by Crippen LogP contribution is -2.63. The third kappa shape index (κ3) is 5.86. The van der Waals surface area contributed by atoms with Crippen LogP contribution < -0.4 is 11.2 Å². The number of aliphatic imine (C=N–C) groups is 1. The van der Waals surface area contributed by atoms with Crippen LogP contribution in [-0.2, 0) is 10.0 Å². The molecule has 0 radical (unpaired) electrons. The van der Waals surface area contributed by atoms with Gasteiger partial charge in [-0.3, -0.25) is 14.7 Å². The minimum atomic E-state index is -3.99. The first-order valence-corrected chi connectivity index (χ1v) is 12.9. The average molecular weight is 535 g/mol. The Hall–Kier alpha value is -2.58. The molecule has 1 heterocycles. The standard InChI is InChI=1S/C22H30F4N6O3S/c1-15-11-18(24)16(12-17(15)23)20(33)29-14-21(3-5-22(25,26)6-4-21)31-7-9-32(10-8-31)36(34,35)19(30-27)13-28-2/h11-13H,3-10,14,27H2,1-2H3,(H,29,33). The van der Waals surface area contributed by atoms with Crippen LogP contribution in [0.2, 0.25) is 0 Å². The van der Waals surface area contributed by atoms with E-state index >= 15 is 0 Å². The van der Waals surface area contributed by atoms with E-state index in [1.807, 2.05) is 4.90 Å². The number of nitrogens with two attached hydrogens (primary N) is 1. The number of hydrazone groups is 1. The zero-order valence-electron chi connectivity index (χ0n) is 20.1. The summed E-state index contributed by atoms with van der Waals surface area (Å²) in [6.45, 7) is 1.78. The minimum absolute atomic E-state index is 0.0375. The molecule has 36 heavy (non-hydrogen) atoms. The lowest BCUT2D eigenvalue weighted by Gasteiger charge is -2.50. The summed E-state index contributed by atoms with van der Waals surface area (Å²) in [4.78, 5) is 18.2. The maximum atomic E-state index is 14.3. The van der Waals surface area contributed by atoms with E-state index in [0.29, 0.717) is 0 Å². The Morgan fingerprint density at radius 3 is 2.28 bits per heavy atom. The van der Waals surface area contributed by atoms with Gasteiger partial charge in [-0.2, -0.15) is 9.41 Å². The first kappa shape index (κ1) is 28.0. The van der Waals surface area contributed by atoms with Crippen molar-refractivity contribution in [1.29, 1.82) is 0 Å². The van der Waals surface area contributed by atoms with Crippen molar-refractivity contribution < 1.29 is 30.8 Å². The third-order valence-corrected chi connectivity index (χ3v) is 8.65. The van der Waals surface area contributed by atoms with Crippen molar-refractivity contribution in [3.63, 3.8) is 0 Å². The summed E-state index contributed by atoms with van der Waals surface area (Å²) in [6, 6.07) is 1.73. The molecule has 0 atom stereocenters. The summed E-state index contributed by atoms with van der Waals surface area (Å²) in [5.41, 5.74) is -1.32. The molecule has 9 nitrogen and oxygen atoms in total. The Balaban J connectivity index is 1.77. The highest BCUT2D eigenvalue weighted by atomic mass is 32.2. The van der Waals surface area contributed by atoms with Gasteiger partial charge >= 0.3 is 0 Å². The number of benzene rings is 1. The van der Waals surface area contributed by atoms with Crippen LogP contribution >= 0.6 is 0 Å². The van der Waals surface area contributed by atoms with Gasteiger partial charge in [0, 0.05) is 58.2 Å². The van der Waals surface area contributed by atoms with Crippen molar-refractivity contribution in [2.24, 2.45) is 15.9 Å². The van der Waals surface area contributed by atoms with Crippen molar-refractivity contribution in [3.8, 4) is 0 Å². The second kappa shape index (κ2) is 10.8. The Morgan fingerprint density at radius 1 is 1.11 bits per heavy atom. The second-order valence-electron chi connectivity index (χ2n) is 9.09. The number of sulfonamides is 1. The number of nitrogens with one attached hydrogen (secondary N) is 1. The van der Waals surface area contributed by atoms with Gasteiger partial charge in [-0.25, -0.2) is 26.0 Å². The van der Waals surface area contributed by atoms with Gasteiger partial charge in [-0.15, -0.1) is 0 Å². The van der Waals surface area contributed by atoms with E-state index in [2.05, 4.69) is 15.4 Å². The van der Waals surface area contributed by atoms with Gasteiger partial charge in [0.25, 0.3) is 15.9 Å². The van der Waals surface area contributed by atoms with Gasteiger partial charge in [0.05, 0.1) is 11.8 Å². The largest absolute Gasteiger partial charge is 0.350 e. The molecule has 2 aliphatic rings. The lowest BCUT2D eigenvalue weighted by molar-refractivity contribution is -0.0855. The minimum Gasteiger partial charge on any atom is -0.350 e. The molecule has 14 heteroatoms. The van der Waals surface area contributed by atoms with Crippen LogP contribution in [0.3, 0.4) is 0 Å². The molecule has 0 unspecified atom stereocenters. The predicted molar refractivity (Wildman–Crippen MR) is 128 cm³/mol. The molecular weight excluding hydrogens is 504 g/mol. The van der Waals surface area contributed by atoms with E-state index in [1.165, 1.54) is 18.3 Å². The molecule has 1 aromatic rings. The van der Waals surface area contributed by atoms with Crippen molar-refractivity contribution in [1.82, 2.24) is 14.5 Å². The number of halogens is 4. The first-order chi connectivity index (χ1) is 16.8. The van der Waals surface area contributed by atoms with Crippen LogP contribution in [0.1, 0.15) is 41.6 Å². The van der Waals surface area contributed by atoms with Crippen molar-refractivity contribution in [2.75, 3.05) is 39.8 Å². The monoisotopic (exact) mass is 534 g/mol. The highest BCUT2D eigenvalue weighted by molar-refractivity contribution is 8.06. The van der Waals surface area contributed by atoms with Gasteiger partial charge in [-0.1, -0.05) is 0 Å². The van der Waals surface area contributed by atoms with Crippen molar-refractivity contribution in [2.45, 2.75) is 44.1 Å². The number of carbonyl (C=O) groups is 1. The average Bonchev–Trinajstić information content (AvgIpc) is 2.84. The number of alkyl halides is 2. The number of piperazine rings is 1. The fourth-order valence-electron chi connectivity index (χ4n) is 4.66. The summed E-state index contributed by atoms with van der Waals surface area (Å²) >= 11 is 0. The summed E-state index contributed by atoms with van der Waals surface area (Å²) in [6.07, 6.45) is 0.290. The summed E-state index contributed by atoms with van der Waals surface area (Å²) in [5, 5.41) is 5.49. The number of nitrogens with zero attached hydrogens (tertiary/aromatic N) is 4. The van der Waals surface area contributed by atoms with E-state index in [-0.39, 0.29) is 51.1 Å². The first-order valence-electron chi connectivity index (χ1n) is 11.4. The molecule has 1 aromatic carbocycles. The maximum Gasteiger partial charge on any atom is 0.263 e. The van der Waals surface area contributed by atoms with Crippen LogP contribution in [0, 0.1) is 18.6 Å². The highest BCUT2D eigenvalue weighted by Gasteiger charge is 2.48. The Morgan fingerprint density at radius 2 is 1.72 bits per heavy atom. The summed E-state index contributed by atoms with van der Waals surface area (Å²) in [7, 11) is -2.61. The number of amides is 1. The fourth-order valence-corrected chi connectivity index (χ4v) is 5.94. The third-order valence-electron chi connectivity index (χ3n) is 6.86. The number of aryl methyl sites for hydroxylation is 1.